The third-order valence-electron chi connectivity index (χ3n) is 4.38. The van der Waals surface area contributed by atoms with Crippen LogP contribution in [0.1, 0.15) is 17.7 Å². The van der Waals surface area contributed by atoms with E-state index in [9.17, 15) is 4.79 Å². The second-order valence-corrected chi connectivity index (χ2v) is 7.07. The lowest BCUT2D eigenvalue weighted by atomic mass is 10.2. The average Bonchev–Trinajstić information content (AvgIpc) is 3.24. The van der Waals surface area contributed by atoms with E-state index in [4.69, 9.17) is 4.98 Å². The number of para-hydroxylation sites is 1. The highest BCUT2D eigenvalue weighted by molar-refractivity contribution is 7.15. The molecule has 0 saturated heterocycles. The van der Waals surface area contributed by atoms with Gasteiger partial charge in [0.2, 0.25) is 5.91 Å². The summed E-state index contributed by atoms with van der Waals surface area (Å²) < 4.78 is 2.09. The molecular weight excluding hydrogens is 342 g/mol. The Kier molecular flexibility index (Phi) is 4.54. The fourth-order valence-corrected chi connectivity index (χ4v) is 3.83. The van der Waals surface area contributed by atoms with Crippen molar-refractivity contribution >= 4 is 27.9 Å². The molecule has 0 aliphatic carbocycles. The highest BCUT2D eigenvalue weighted by Gasteiger charge is 2.11. The van der Waals surface area contributed by atoms with Crippen LogP contribution in [0, 0.1) is 6.92 Å². The zero-order chi connectivity index (χ0) is 17.9. The van der Waals surface area contributed by atoms with E-state index in [0.717, 1.165) is 33.2 Å². The second kappa shape index (κ2) is 7.14. The first kappa shape index (κ1) is 16.5. The van der Waals surface area contributed by atoms with Crippen molar-refractivity contribution in [2.24, 2.45) is 0 Å². The Balaban J connectivity index is 1.47. The van der Waals surface area contributed by atoms with Gasteiger partial charge >= 0.3 is 0 Å². The van der Waals surface area contributed by atoms with Crippen LogP contribution in [0.4, 0.5) is 5.69 Å². The molecule has 1 amide bonds. The van der Waals surface area contributed by atoms with Crippen LogP contribution >= 0.6 is 11.3 Å². The largest absolute Gasteiger partial charge is 0.326 e. The van der Waals surface area contributed by atoms with E-state index >= 15 is 0 Å². The molecule has 0 atom stereocenters. The van der Waals surface area contributed by atoms with Gasteiger partial charge in [0.25, 0.3) is 0 Å². The Labute approximate surface area is 156 Å². The number of nitrogens with zero attached hydrogens (tertiary/aromatic N) is 2. The molecule has 5 heteroatoms. The third-order valence-corrected chi connectivity index (χ3v) is 5.27. The first-order chi connectivity index (χ1) is 12.7. The smallest absolute Gasteiger partial charge is 0.224 e. The molecule has 0 fully saturated rings. The van der Waals surface area contributed by atoms with E-state index in [1.54, 1.807) is 11.3 Å². The molecule has 1 N–H and O–H groups in total. The summed E-state index contributed by atoms with van der Waals surface area (Å²) >= 11 is 1.61. The van der Waals surface area contributed by atoms with Gasteiger partial charge in [0.05, 0.1) is 5.69 Å². The van der Waals surface area contributed by atoms with Crippen molar-refractivity contribution in [1.82, 2.24) is 9.38 Å². The number of carbonyl (C=O) groups excluding carboxylic acids is 1. The fraction of sp³-hybridized carbons (Fsp3) is 0.143. The maximum absolute atomic E-state index is 12.3. The molecule has 0 aliphatic heterocycles. The van der Waals surface area contributed by atoms with E-state index in [1.165, 1.54) is 0 Å². The Bertz CT molecular complexity index is 1050. The van der Waals surface area contributed by atoms with E-state index in [0.29, 0.717) is 12.8 Å². The van der Waals surface area contributed by atoms with Crippen molar-refractivity contribution in [3.63, 3.8) is 0 Å². The van der Waals surface area contributed by atoms with Crippen LogP contribution in [-0.2, 0) is 11.2 Å². The molecule has 4 nitrogen and oxygen atoms in total. The molecule has 0 spiro atoms. The van der Waals surface area contributed by atoms with Gasteiger partial charge in [-0.15, -0.1) is 11.3 Å². The van der Waals surface area contributed by atoms with Crippen molar-refractivity contribution < 1.29 is 4.79 Å². The second-order valence-electron chi connectivity index (χ2n) is 6.23. The lowest BCUT2D eigenvalue weighted by Crippen LogP contribution is -2.13. The topological polar surface area (TPSA) is 46.4 Å². The number of anilines is 1. The molecule has 0 aliphatic rings. The van der Waals surface area contributed by atoms with E-state index < -0.39 is 0 Å². The molecule has 0 radical (unpaired) electrons. The number of hydrogen-bond donors (Lipinski definition) is 1. The van der Waals surface area contributed by atoms with Gasteiger partial charge in [0.1, 0.15) is 0 Å². The highest BCUT2D eigenvalue weighted by Crippen LogP contribution is 2.24. The van der Waals surface area contributed by atoms with Gasteiger partial charge in [0.15, 0.2) is 4.96 Å². The number of amides is 1. The zero-order valence-electron chi connectivity index (χ0n) is 14.5. The monoisotopic (exact) mass is 361 g/mol. The summed E-state index contributed by atoms with van der Waals surface area (Å²) in [7, 11) is 0. The summed E-state index contributed by atoms with van der Waals surface area (Å²) in [5.74, 6) is 0.0297. The number of fused-ring (bicyclic) bond motifs is 1. The van der Waals surface area contributed by atoms with Crippen molar-refractivity contribution in [3.05, 3.63) is 77.4 Å². The number of thiazole rings is 1. The van der Waals surface area contributed by atoms with Gasteiger partial charge < -0.3 is 5.32 Å². The van der Waals surface area contributed by atoms with Gasteiger partial charge in [-0.1, -0.05) is 48.5 Å². The minimum atomic E-state index is 0.0297. The summed E-state index contributed by atoms with van der Waals surface area (Å²) in [6.07, 6.45) is 3.18. The fourth-order valence-electron chi connectivity index (χ4n) is 2.92. The quantitative estimate of drug-likeness (QED) is 0.547. The van der Waals surface area contributed by atoms with Crippen LogP contribution < -0.4 is 5.32 Å². The Morgan fingerprint density at radius 3 is 2.69 bits per heavy atom. The first-order valence-electron chi connectivity index (χ1n) is 8.57. The summed E-state index contributed by atoms with van der Waals surface area (Å²) in [5, 5.41) is 5.07. The molecule has 4 rings (SSSR count). The van der Waals surface area contributed by atoms with E-state index in [1.807, 2.05) is 49.4 Å². The molecular formula is C21H19N3OS. The predicted octanol–water partition coefficient (Wildman–Crippen LogP) is 4.94. The summed E-state index contributed by atoms with van der Waals surface area (Å²) in [4.78, 5) is 17.9. The summed E-state index contributed by atoms with van der Waals surface area (Å²) in [5.41, 5.74) is 5.12. The molecule has 0 saturated carbocycles. The lowest BCUT2D eigenvalue weighted by molar-refractivity contribution is -0.116. The maximum atomic E-state index is 12.3. The normalized spacial score (nSPS) is 11.0. The minimum absolute atomic E-state index is 0.0297. The maximum Gasteiger partial charge on any atom is 0.224 e. The van der Waals surface area contributed by atoms with Crippen LogP contribution in [0.15, 0.2) is 66.2 Å². The predicted molar refractivity (Wildman–Crippen MR) is 107 cm³/mol. The number of benzene rings is 2. The Morgan fingerprint density at radius 2 is 1.88 bits per heavy atom. The van der Waals surface area contributed by atoms with Gasteiger partial charge in [-0.05, 0) is 25.0 Å². The molecule has 4 aromatic rings. The number of hydrogen-bond acceptors (Lipinski definition) is 3. The minimum Gasteiger partial charge on any atom is -0.326 e. The number of imidazole rings is 1. The Morgan fingerprint density at radius 1 is 1.12 bits per heavy atom. The zero-order valence-corrected chi connectivity index (χ0v) is 15.3. The van der Waals surface area contributed by atoms with Crippen LogP contribution in [0.3, 0.4) is 0 Å². The highest BCUT2D eigenvalue weighted by atomic mass is 32.1. The number of nitrogens with one attached hydrogen (secondary N) is 1. The van der Waals surface area contributed by atoms with Gasteiger partial charge in [-0.25, -0.2) is 4.98 Å². The summed E-state index contributed by atoms with van der Waals surface area (Å²) in [6.45, 7) is 1.99. The number of rotatable bonds is 5. The average molecular weight is 361 g/mol. The van der Waals surface area contributed by atoms with Gasteiger partial charge in [-0.3, -0.25) is 9.20 Å². The van der Waals surface area contributed by atoms with E-state index in [2.05, 4.69) is 33.4 Å². The standard InChI is InChI=1S/C21H19N3OS/c1-15-7-5-6-10-18(15)22-20(25)12-11-17-14-26-21-23-19(13-24(17)21)16-8-3-2-4-9-16/h2-10,13-14H,11-12H2,1H3,(H,22,25). The first-order valence-corrected chi connectivity index (χ1v) is 9.45. The number of carbonyl (C=O) groups is 1. The molecule has 130 valence electrons. The number of aryl methyl sites for hydroxylation is 2. The van der Waals surface area contributed by atoms with Crippen molar-refractivity contribution in [3.8, 4) is 11.3 Å². The SMILES string of the molecule is Cc1ccccc1NC(=O)CCc1csc2nc(-c3ccccc3)cn12. The molecule has 0 unspecified atom stereocenters. The van der Waals surface area contributed by atoms with E-state index in [-0.39, 0.29) is 5.91 Å². The molecule has 2 aromatic heterocycles. The molecule has 26 heavy (non-hydrogen) atoms. The third kappa shape index (κ3) is 3.39. The lowest BCUT2D eigenvalue weighted by Gasteiger charge is -2.07. The van der Waals surface area contributed by atoms with Crippen molar-refractivity contribution in [2.45, 2.75) is 19.8 Å². The van der Waals surface area contributed by atoms with Crippen LogP contribution in [0.5, 0.6) is 0 Å². The molecule has 2 heterocycles. The van der Waals surface area contributed by atoms with Gasteiger partial charge in [0, 0.05) is 34.9 Å². The Hall–Kier alpha value is -2.92. The van der Waals surface area contributed by atoms with Crippen LogP contribution in [0.25, 0.3) is 16.2 Å². The molecule has 2 aromatic carbocycles. The van der Waals surface area contributed by atoms with Crippen molar-refractivity contribution in [1.29, 1.82) is 0 Å². The van der Waals surface area contributed by atoms with Crippen LogP contribution in [-0.4, -0.2) is 15.3 Å². The summed E-state index contributed by atoms with van der Waals surface area (Å²) in [6, 6.07) is 18.0. The van der Waals surface area contributed by atoms with Crippen LogP contribution in [0.2, 0.25) is 0 Å². The molecule has 0 bridgehead atoms. The number of aromatic nitrogens is 2. The van der Waals surface area contributed by atoms with Crippen molar-refractivity contribution in [2.75, 3.05) is 5.32 Å². The van der Waals surface area contributed by atoms with Gasteiger partial charge in [-0.2, -0.15) is 0 Å².